The predicted molar refractivity (Wildman–Crippen MR) is 80.7 cm³/mol. The third-order valence-corrected chi connectivity index (χ3v) is 6.89. The third-order valence-electron chi connectivity index (χ3n) is 6.89. The zero-order valence-electron chi connectivity index (χ0n) is 12.9. The molecule has 0 radical (unpaired) electrons. The molecule has 21 heavy (non-hydrogen) atoms. The minimum atomic E-state index is -0.126. The Labute approximate surface area is 127 Å². The molecule has 3 heterocycles. The van der Waals surface area contributed by atoms with Gasteiger partial charge in [-0.25, -0.2) is 0 Å². The van der Waals surface area contributed by atoms with Gasteiger partial charge >= 0.3 is 0 Å². The van der Waals surface area contributed by atoms with Crippen LogP contribution < -0.4 is 5.32 Å². The number of fused-ring (bicyclic) bond motifs is 1. The van der Waals surface area contributed by atoms with E-state index in [1.165, 1.54) is 58.0 Å². The highest BCUT2D eigenvalue weighted by Crippen LogP contribution is 2.48. The van der Waals surface area contributed by atoms with Gasteiger partial charge in [-0.2, -0.15) is 0 Å². The summed E-state index contributed by atoms with van der Waals surface area (Å²) in [5.74, 6) is 1.17. The van der Waals surface area contributed by atoms with Crippen LogP contribution in [0.1, 0.15) is 57.8 Å². The fourth-order valence-corrected chi connectivity index (χ4v) is 5.63. The lowest BCUT2D eigenvalue weighted by atomic mass is 9.99. The van der Waals surface area contributed by atoms with Gasteiger partial charge in [-0.3, -0.25) is 15.0 Å². The summed E-state index contributed by atoms with van der Waals surface area (Å²) in [4.78, 5) is 18.1. The molecule has 3 saturated heterocycles. The van der Waals surface area contributed by atoms with E-state index >= 15 is 0 Å². The van der Waals surface area contributed by atoms with Gasteiger partial charge in [0.05, 0.1) is 17.7 Å². The predicted octanol–water partition coefficient (Wildman–Crippen LogP) is 1.70. The highest BCUT2D eigenvalue weighted by atomic mass is 16.2. The molecule has 0 aromatic heterocycles. The SMILES string of the molecule is O=C1N(C2CCN3CCCC23)C(C2CCCC2)NC12CC2. The van der Waals surface area contributed by atoms with Crippen molar-refractivity contribution in [3.63, 3.8) is 0 Å². The standard InChI is InChI=1S/C17H27N3O/c21-16-17(8-9-17)18-15(12-4-1-2-5-12)20(16)14-7-11-19-10-3-6-13(14)19/h12-15,18H,1-11H2. The Morgan fingerprint density at radius 1 is 0.952 bits per heavy atom. The van der Waals surface area contributed by atoms with Crippen molar-refractivity contribution in [2.75, 3.05) is 13.1 Å². The van der Waals surface area contributed by atoms with E-state index in [2.05, 4.69) is 15.1 Å². The molecule has 3 unspecified atom stereocenters. The summed E-state index contributed by atoms with van der Waals surface area (Å²) in [5, 5.41) is 3.80. The number of nitrogens with one attached hydrogen (secondary N) is 1. The van der Waals surface area contributed by atoms with Gasteiger partial charge in [0.2, 0.25) is 5.91 Å². The molecule has 5 rings (SSSR count). The normalized spacial score (nSPS) is 42.4. The first kappa shape index (κ1) is 12.9. The van der Waals surface area contributed by atoms with Crippen LogP contribution in [0, 0.1) is 5.92 Å². The van der Waals surface area contributed by atoms with E-state index in [9.17, 15) is 4.79 Å². The van der Waals surface area contributed by atoms with E-state index in [1.807, 2.05) is 0 Å². The highest BCUT2D eigenvalue weighted by Gasteiger charge is 2.62. The van der Waals surface area contributed by atoms with Crippen LogP contribution in [0.4, 0.5) is 0 Å². The Balaban J connectivity index is 1.45. The largest absolute Gasteiger partial charge is 0.321 e. The first-order valence-electron chi connectivity index (χ1n) is 9.13. The van der Waals surface area contributed by atoms with Crippen LogP contribution >= 0.6 is 0 Å². The Hall–Kier alpha value is -0.610. The lowest BCUT2D eigenvalue weighted by molar-refractivity contribution is -0.134. The van der Waals surface area contributed by atoms with E-state index in [-0.39, 0.29) is 5.54 Å². The van der Waals surface area contributed by atoms with Gasteiger partial charge in [0.25, 0.3) is 0 Å². The van der Waals surface area contributed by atoms with Crippen LogP contribution in [-0.4, -0.2) is 52.6 Å². The molecular weight excluding hydrogens is 262 g/mol. The van der Waals surface area contributed by atoms with Crippen LogP contribution in [0.3, 0.4) is 0 Å². The molecule has 0 aromatic carbocycles. The monoisotopic (exact) mass is 289 g/mol. The number of carbonyl (C=O) groups is 1. The second-order valence-corrected chi connectivity index (χ2v) is 8.03. The molecular formula is C17H27N3O. The summed E-state index contributed by atoms with van der Waals surface area (Å²) in [6.45, 7) is 2.47. The summed E-state index contributed by atoms with van der Waals surface area (Å²) in [6, 6.07) is 1.16. The molecule has 1 spiro atoms. The number of carbonyl (C=O) groups excluding carboxylic acids is 1. The molecule has 0 bridgehead atoms. The van der Waals surface area contributed by atoms with Crippen molar-refractivity contribution in [3.8, 4) is 0 Å². The number of nitrogens with zero attached hydrogens (tertiary/aromatic N) is 2. The van der Waals surface area contributed by atoms with Gasteiger partial charge in [0, 0.05) is 12.6 Å². The molecule has 2 saturated carbocycles. The van der Waals surface area contributed by atoms with Gasteiger partial charge in [-0.15, -0.1) is 0 Å². The number of hydrogen-bond acceptors (Lipinski definition) is 3. The number of amides is 1. The lowest BCUT2D eigenvalue weighted by Gasteiger charge is -2.36. The maximum Gasteiger partial charge on any atom is 0.244 e. The van der Waals surface area contributed by atoms with Crippen molar-refractivity contribution in [2.45, 2.75) is 81.6 Å². The maximum atomic E-state index is 13.1. The molecule has 4 heteroatoms. The third kappa shape index (κ3) is 1.78. The summed E-state index contributed by atoms with van der Waals surface area (Å²) >= 11 is 0. The summed E-state index contributed by atoms with van der Waals surface area (Å²) in [7, 11) is 0. The fraction of sp³-hybridized carbons (Fsp3) is 0.941. The van der Waals surface area contributed by atoms with Crippen molar-refractivity contribution < 1.29 is 4.79 Å². The van der Waals surface area contributed by atoms with E-state index in [0.717, 1.165) is 12.8 Å². The summed E-state index contributed by atoms with van der Waals surface area (Å²) in [6.07, 6.45) is 11.7. The minimum Gasteiger partial charge on any atom is -0.321 e. The first-order chi connectivity index (χ1) is 10.3. The molecule has 1 N–H and O–H groups in total. The quantitative estimate of drug-likeness (QED) is 0.840. The van der Waals surface area contributed by atoms with E-state index in [0.29, 0.717) is 30.1 Å². The molecule has 3 atom stereocenters. The van der Waals surface area contributed by atoms with Gasteiger partial charge < -0.3 is 4.90 Å². The Morgan fingerprint density at radius 2 is 1.76 bits per heavy atom. The summed E-state index contributed by atoms with van der Waals surface area (Å²) < 4.78 is 0. The highest BCUT2D eigenvalue weighted by molar-refractivity contribution is 5.92. The van der Waals surface area contributed by atoms with E-state index in [1.54, 1.807) is 0 Å². The second kappa shape index (κ2) is 4.45. The lowest BCUT2D eigenvalue weighted by Crippen LogP contribution is -2.51. The molecule has 4 nitrogen and oxygen atoms in total. The van der Waals surface area contributed by atoms with Gasteiger partial charge in [0.15, 0.2) is 0 Å². The van der Waals surface area contributed by atoms with Crippen LogP contribution in [0.2, 0.25) is 0 Å². The van der Waals surface area contributed by atoms with Crippen molar-refractivity contribution >= 4 is 5.91 Å². The molecule has 2 aliphatic carbocycles. The van der Waals surface area contributed by atoms with Gasteiger partial charge in [-0.05, 0) is 57.4 Å². The van der Waals surface area contributed by atoms with Crippen molar-refractivity contribution in [1.29, 1.82) is 0 Å². The van der Waals surface area contributed by atoms with Crippen molar-refractivity contribution in [1.82, 2.24) is 15.1 Å². The van der Waals surface area contributed by atoms with Crippen molar-refractivity contribution in [2.24, 2.45) is 5.92 Å². The average molecular weight is 289 g/mol. The summed E-state index contributed by atoms with van der Waals surface area (Å²) in [5.41, 5.74) is -0.126. The Bertz CT molecular complexity index is 455. The molecule has 3 aliphatic heterocycles. The van der Waals surface area contributed by atoms with E-state index < -0.39 is 0 Å². The first-order valence-corrected chi connectivity index (χ1v) is 9.13. The smallest absolute Gasteiger partial charge is 0.244 e. The zero-order valence-corrected chi connectivity index (χ0v) is 12.9. The molecule has 116 valence electrons. The molecule has 0 aromatic rings. The molecule has 5 aliphatic rings. The second-order valence-electron chi connectivity index (χ2n) is 8.03. The van der Waals surface area contributed by atoms with Crippen LogP contribution in [0.25, 0.3) is 0 Å². The van der Waals surface area contributed by atoms with Crippen LogP contribution in [0.5, 0.6) is 0 Å². The van der Waals surface area contributed by atoms with Gasteiger partial charge in [-0.1, -0.05) is 12.8 Å². The fourth-order valence-electron chi connectivity index (χ4n) is 5.63. The van der Waals surface area contributed by atoms with Crippen LogP contribution in [-0.2, 0) is 4.79 Å². The topological polar surface area (TPSA) is 35.6 Å². The number of hydrogen-bond donors (Lipinski definition) is 1. The zero-order chi connectivity index (χ0) is 14.0. The molecule has 1 amide bonds. The van der Waals surface area contributed by atoms with Gasteiger partial charge in [0.1, 0.15) is 0 Å². The molecule has 5 fully saturated rings. The van der Waals surface area contributed by atoms with E-state index in [4.69, 9.17) is 0 Å². The Kier molecular flexibility index (Phi) is 2.73. The minimum absolute atomic E-state index is 0.126. The number of rotatable bonds is 2. The Morgan fingerprint density at radius 3 is 2.52 bits per heavy atom. The van der Waals surface area contributed by atoms with Crippen molar-refractivity contribution in [3.05, 3.63) is 0 Å². The maximum absolute atomic E-state index is 13.1. The van der Waals surface area contributed by atoms with Crippen LogP contribution in [0.15, 0.2) is 0 Å². The average Bonchev–Trinajstić information content (AvgIpc) is 2.93.